The van der Waals surface area contributed by atoms with Crippen LogP contribution in [0.2, 0.25) is 5.02 Å². The van der Waals surface area contributed by atoms with Crippen LogP contribution in [-0.2, 0) is 6.54 Å². The summed E-state index contributed by atoms with van der Waals surface area (Å²) >= 11 is 6.25. The average Bonchev–Trinajstić information content (AvgIpc) is 3.05. The van der Waals surface area contributed by atoms with Crippen molar-refractivity contribution in [2.24, 2.45) is 5.73 Å². The molecule has 3 heterocycles. The molecule has 0 unspecified atom stereocenters. The topological polar surface area (TPSA) is 133 Å². The van der Waals surface area contributed by atoms with Crippen LogP contribution in [0.15, 0.2) is 47.5 Å². The van der Waals surface area contributed by atoms with E-state index in [4.69, 9.17) is 23.1 Å². The molecule has 4 aromatic rings. The number of anilines is 1. The second-order valence-electron chi connectivity index (χ2n) is 6.86. The fourth-order valence-electron chi connectivity index (χ4n) is 3.56. The van der Waals surface area contributed by atoms with E-state index in [0.29, 0.717) is 27.1 Å². The van der Waals surface area contributed by atoms with Crippen molar-refractivity contribution < 1.29 is 4.79 Å². The van der Waals surface area contributed by atoms with Crippen LogP contribution in [0.3, 0.4) is 0 Å². The summed E-state index contributed by atoms with van der Waals surface area (Å²) in [4.78, 5) is 30.2. The third-order valence-electron chi connectivity index (χ3n) is 4.91. The molecule has 0 saturated heterocycles. The lowest BCUT2D eigenvalue weighted by Gasteiger charge is -2.20. The largest absolute Gasteiger partial charge is 0.381 e. The fraction of sp³-hybridized carbons (Fsp3) is 0.200. The van der Waals surface area contributed by atoms with E-state index in [-0.39, 0.29) is 30.0 Å². The molecule has 0 saturated carbocycles. The van der Waals surface area contributed by atoms with Gasteiger partial charge in [-0.25, -0.2) is 9.50 Å². The first-order chi connectivity index (χ1) is 14.4. The van der Waals surface area contributed by atoms with E-state index in [0.717, 1.165) is 0 Å². The molecule has 10 heteroatoms. The van der Waals surface area contributed by atoms with Crippen LogP contribution >= 0.6 is 11.6 Å². The molecule has 0 radical (unpaired) electrons. The average molecular weight is 426 g/mol. The highest BCUT2D eigenvalue weighted by Gasteiger charge is 2.23. The van der Waals surface area contributed by atoms with Crippen molar-refractivity contribution in [3.63, 3.8) is 0 Å². The molecule has 1 atom stereocenters. The quantitative estimate of drug-likeness (QED) is 0.446. The molecule has 4 rings (SSSR count). The van der Waals surface area contributed by atoms with E-state index < -0.39 is 11.9 Å². The van der Waals surface area contributed by atoms with Gasteiger partial charge in [-0.15, -0.1) is 5.10 Å². The van der Waals surface area contributed by atoms with Crippen LogP contribution in [0.4, 0.5) is 5.82 Å². The summed E-state index contributed by atoms with van der Waals surface area (Å²) in [6, 6.07) is 8.26. The summed E-state index contributed by atoms with van der Waals surface area (Å²) in [7, 11) is 0. The number of nitrogens with one attached hydrogen (secondary N) is 1. The maximum absolute atomic E-state index is 13.1. The number of hydrogen-bond donors (Lipinski definition) is 3. The van der Waals surface area contributed by atoms with Gasteiger partial charge in [0, 0.05) is 31.2 Å². The molecule has 0 aliphatic rings. The van der Waals surface area contributed by atoms with Gasteiger partial charge in [0.25, 0.3) is 11.5 Å². The third-order valence-corrected chi connectivity index (χ3v) is 5.23. The van der Waals surface area contributed by atoms with Crippen LogP contribution in [0, 0.1) is 0 Å². The zero-order valence-corrected chi connectivity index (χ0v) is 16.9. The lowest BCUT2D eigenvalue weighted by molar-refractivity contribution is 0.0940. The molecule has 0 aliphatic heterocycles. The van der Waals surface area contributed by atoms with Crippen molar-refractivity contribution in [2.45, 2.75) is 19.5 Å². The number of rotatable bonds is 5. The van der Waals surface area contributed by atoms with Crippen molar-refractivity contribution >= 4 is 39.7 Å². The van der Waals surface area contributed by atoms with Gasteiger partial charge in [0.05, 0.1) is 16.5 Å². The lowest BCUT2D eigenvalue weighted by atomic mass is 10.1. The van der Waals surface area contributed by atoms with E-state index in [1.165, 1.54) is 9.08 Å². The van der Waals surface area contributed by atoms with Crippen LogP contribution in [0.1, 0.15) is 29.0 Å². The van der Waals surface area contributed by atoms with Crippen LogP contribution in [-0.4, -0.2) is 31.6 Å². The number of amides is 1. The van der Waals surface area contributed by atoms with E-state index >= 15 is 0 Å². The highest BCUT2D eigenvalue weighted by Crippen LogP contribution is 2.24. The summed E-state index contributed by atoms with van der Waals surface area (Å²) in [6.45, 7) is 2.33. The first kappa shape index (κ1) is 19.9. The summed E-state index contributed by atoms with van der Waals surface area (Å²) < 4.78 is 2.98. The summed E-state index contributed by atoms with van der Waals surface area (Å²) in [5.41, 5.74) is 12.6. The van der Waals surface area contributed by atoms with E-state index in [2.05, 4.69) is 15.4 Å². The summed E-state index contributed by atoms with van der Waals surface area (Å²) in [5.74, 6) is -0.366. The van der Waals surface area contributed by atoms with Gasteiger partial charge in [0.15, 0.2) is 11.5 Å². The smallest absolute Gasteiger partial charge is 0.260 e. The zero-order chi connectivity index (χ0) is 21.4. The maximum Gasteiger partial charge on any atom is 0.260 e. The Morgan fingerprint density at radius 1 is 1.33 bits per heavy atom. The molecule has 9 nitrogen and oxygen atoms in total. The highest BCUT2D eigenvalue weighted by molar-refractivity contribution is 6.35. The molecule has 3 aromatic heterocycles. The number of fused-ring (bicyclic) bond motifs is 2. The Hall–Kier alpha value is -3.43. The summed E-state index contributed by atoms with van der Waals surface area (Å²) in [5, 5.41) is 8.48. The Bertz CT molecular complexity index is 1330. The normalized spacial score (nSPS) is 12.4. The Balaban J connectivity index is 1.76. The number of nitrogens with two attached hydrogens (primary N) is 2. The van der Waals surface area contributed by atoms with Crippen LogP contribution in [0.5, 0.6) is 0 Å². The fourth-order valence-corrected chi connectivity index (χ4v) is 3.82. The molecule has 0 fully saturated rings. The molecular weight excluding hydrogens is 406 g/mol. The highest BCUT2D eigenvalue weighted by atomic mass is 35.5. The van der Waals surface area contributed by atoms with Gasteiger partial charge in [0.1, 0.15) is 5.56 Å². The molecule has 1 amide bonds. The molecule has 154 valence electrons. The summed E-state index contributed by atoms with van der Waals surface area (Å²) in [6.07, 6.45) is 3.22. The number of aromatic nitrogens is 4. The van der Waals surface area contributed by atoms with Crippen molar-refractivity contribution in [3.8, 4) is 0 Å². The number of carbonyl (C=O) groups is 1. The Labute approximate surface area is 176 Å². The number of halogens is 1. The minimum absolute atomic E-state index is 0.0723. The number of nitrogen functional groups attached to an aromatic ring is 1. The van der Waals surface area contributed by atoms with Gasteiger partial charge in [-0.05, 0) is 30.5 Å². The van der Waals surface area contributed by atoms with Crippen LogP contribution < -0.4 is 22.3 Å². The van der Waals surface area contributed by atoms with Gasteiger partial charge in [-0.3, -0.25) is 9.59 Å². The molecule has 0 bridgehead atoms. The SMILES string of the molecule is C[C@H](NC(=O)c1c(N)nn2cccnc12)c1cc2cccc(Cl)c2c(=O)n1CCN. The number of carbonyl (C=O) groups excluding carboxylic acids is 1. The molecule has 30 heavy (non-hydrogen) atoms. The Morgan fingerprint density at radius 3 is 2.90 bits per heavy atom. The second kappa shape index (κ2) is 7.77. The molecular formula is C20H20ClN7O2. The van der Waals surface area contributed by atoms with Gasteiger partial charge in [-0.2, -0.15) is 0 Å². The monoisotopic (exact) mass is 425 g/mol. The number of benzene rings is 1. The Kier molecular flexibility index (Phi) is 5.15. The van der Waals surface area contributed by atoms with Crippen molar-refractivity contribution in [1.29, 1.82) is 0 Å². The first-order valence-electron chi connectivity index (χ1n) is 9.34. The van der Waals surface area contributed by atoms with Gasteiger partial charge in [0.2, 0.25) is 0 Å². The Morgan fingerprint density at radius 2 is 2.13 bits per heavy atom. The number of hydrogen-bond acceptors (Lipinski definition) is 6. The predicted molar refractivity (Wildman–Crippen MR) is 116 cm³/mol. The van der Waals surface area contributed by atoms with Crippen molar-refractivity contribution in [1.82, 2.24) is 24.5 Å². The number of pyridine rings is 1. The molecule has 1 aromatic carbocycles. The minimum Gasteiger partial charge on any atom is -0.381 e. The van der Waals surface area contributed by atoms with Gasteiger partial charge in [-0.1, -0.05) is 23.7 Å². The van der Waals surface area contributed by atoms with E-state index in [9.17, 15) is 9.59 Å². The van der Waals surface area contributed by atoms with E-state index in [1.54, 1.807) is 43.6 Å². The predicted octanol–water partition coefficient (Wildman–Crippen LogP) is 1.73. The standard InChI is InChI=1S/C20H20ClN7O2/c1-11(25-19(29)16-17(23)26-28-8-3-7-24-18(16)28)14-10-12-4-2-5-13(21)15(12)20(30)27(14)9-6-22/h2-5,7-8,10-11H,6,9,22H2,1H3,(H2,23,26)(H,25,29)/t11-/m0/s1. The molecule has 0 spiro atoms. The number of nitrogens with zero attached hydrogens (tertiary/aromatic N) is 4. The molecule has 0 aliphatic carbocycles. The zero-order valence-electron chi connectivity index (χ0n) is 16.2. The van der Waals surface area contributed by atoms with Crippen LogP contribution in [0.25, 0.3) is 16.4 Å². The third kappa shape index (κ3) is 3.27. The molecule has 5 N–H and O–H groups in total. The van der Waals surface area contributed by atoms with Gasteiger partial charge < -0.3 is 21.4 Å². The minimum atomic E-state index is -0.516. The maximum atomic E-state index is 13.1. The lowest BCUT2D eigenvalue weighted by Crippen LogP contribution is -2.34. The van der Waals surface area contributed by atoms with E-state index in [1.807, 2.05) is 6.07 Å². The van der Waals surface area contributed by atoms with Crippen molar-refractivity contribution in [3.05, 3.63) is 69.4 Å². The second-order valence-corrected chi connectivity index (χ2v) is 7.27. The van der Waals surface area contributed by atoms with Crippen molar-refractivity contribution in [2.75, 3.05) is 12.3 Å². The first-order valence-corrected chi connectivity index (χ1v) is 9.72. The van der Waals surface area contributed by atoms with Gasteiger partial charge >= 0.3 is 0 Å².